The highest BCUT2D eigenvalue weighted by Crippen LogP contribution is 2.44. The second-order valence-corrected chi connectivity index (χ2v) is 9.46. The number of anilines is 1. The van der Waals surface area contributed by atoms with Crippen LogP contribution in [0.2, 0.25) is 0 Å². The van der Waals surface area contributed by atoms with E-state index in [0.717, 1.165) is 24.1 Å². The van der Waals surface area contributed by atoms with E-state index in [1.807, 2.05) is 5.12 Å². The van der Waals surface area contributed by atoms with Gasteiger partial charge < -0.3 is 5.11 Å². The van der Waals surface area contributed by atoms with Crippen LogP contribution < -0.4 is 16.0 Å². The smallest absolute Gasteiger partial charge is 0.145 e. The lowest BCUT2D eigenvalue weighted by Crippen LogP contribution is -2.41. The van der Waals surface area contributed by atoms with Gasteiger partial charge in [-0.2, -0.15) is 0 Å². The number of nitrogens with one attached hydrogen (secondary N) is 2. The molecular formula is C22H37N3O. The van der Waals surface area contributed by atoms with Gasteiger partial charge in [0.15, 0.2) is 0 Å². The quantitative estimate of drug-likeness (QED) is 0.699. The Morgan fingerprint density at radius 2 is 1.50 bits per heavy atom. The third-order valence-electron chi connectivity index (χ3n) is 6.96. The Morgan fingerprint density at radius 3 is 2.00 bits per heavy atom. The molecule has 3 N–H and O–H groups in total. The zero-order valence-electron chi connectivity index (χ0n) is 17.4. The molecule has 2 unspecified atom stereocenters. The van der Waals surface area contributed by atoms with Crippen LogP contribution in [0.3, 0.4) is 0 Å². The molecule has 1 aliphatic heterocycles. The molecule has 1 heterocycles. The maximum absolute atomic E-state index is 11.2. The van der Waals surface area contributed by atoms with E-state index in [9.17, 15) is 5.11 Å². The second kappa shape index (κ2) is 7.05. The van der Waals surface area contributed by atoms with Crippen LogP contribution in [0.15, 0.2) is 12.1 Å². The SMILES string of the molecule is CCC(C)(C)c1cc(N2NC3CCCCC3N2)c(O)c(C(C)(C)CC)c1. The minimum absolute atomic E-state index is 0.0643. The Kier molecular flexibility index (Phi) is 5.28. The first-order valence-corrected chi connectivity index (χ1v) is 10.4. The van der Waals surface area contributed by atoms with Crippen LogP contribution in [0, 0.1) is 0 Å². The maximum atomic E-state index is 11.2. The van der Waals surface area contributed by atoms with Crippen LogP contribution in [0.5, 0.6) is 5.75 Å². The molecule has 26 heavy (non-hydrogen) atoms. The summed E-state index contributed by atoms with van der Waals surface area (Å²) in [5.74, 6) is 0.408. The van der Waals surface area contributed by atoms with Crippen molar-refractivity contribution in [3.63, 3.8) is 0 Å². The van der Waals surface area contributed by atoms with Gasteiger partial charge in [0, 0.05) is 17.6 Å². The van der Waals surface area contributed by atoms with Gasteiger partial charge in [-0.15, -0.1) is 0 Å². The third-order valence-corrected chi connectivity index (χ3v) is 6.96. The van der Waals surface area contributed by atoms with Gasteiger partial charge in [-0.05, 0) is 48.1 Å². The minimum atomic E-state index is -0.0643. The van der Waals surface area contributed by atoms with Crippen LogP contribution in [0.4, 0.5) is 5.69 Å². The summed E-state index contributed by atoms with van der Waals surface area (Å²) in [5.41, 5.74) is 10.4. The van der Waals surface area contributed by atoms with E-state index in [2.05, 4.69) is 64.5 Å². The summed E-state index contributed by atoms with van der Waals surface area (Å²) >= 11 is 0. The zero-order chi connectivity index (χ0) is 19.1. The summed E-state index contributed by atoms with van der Waals surface area (Å²) in [6, 6.07) is 5.34. The first-order chi connectivity index (χ1) is 12.2. The lowest BCUT2D eigenvalue weighted by Gasteiger charge is -2.32. The van der Waals surface area contributed by atoms with Crippen molar-refractivity contribution in [2.45, 2.75) is 103 Å². The number of benzene rings is 1. The zero-order valence-corrected chi connectivity index (χ0v) is 17.4. The van der Waals surface area contributed by atoms with E-state index in [0.29, 0.717) is 17.8 Å². The van der Waals surface area contributed by atoms with E-state index in [-0.39, 0.29) is 10.8 Å². The molecule has 0 amide bonds. The molecule has 1 aromatic carbocycles. The van der Waals surface area contributed by atoms with Crippen LogP contribution in [0.25, 0.3) is 0 Å². The Hall–Kier alpha value is -1.26. The summed E-state index contributed by atoms with van der Waals surface area (Å²) in [4.78, 5) is 0. The van der Waals surface area contributed by atoms with Crippen molar-refractivity contribution in [2.75, 3.05) is 5.12 Å². The summed E-state index contributed by atoms with van der Waals surface area (Å²) < 4.78 is 0. The van der Waals surface area contributed by atoms with Crippen molar-refractivity contribution in [1.29, 1.82) is 0 Å². The molecule has 4 nitrogen and oxygen atoms in total. The Labute approximate surface area is 159 Å². The van der Waals surface area contributed by atoms with Crippen LogP contribution in [-0.2, 0) is 10.8 Å². The number of phenolic OH excluding ortho intramolecular Hbond substituents is 1. The Morgan fingerprint density at radius 1 is 0.962 bits per heavy atom. The summed E-state index contributed by atoms with van der Waals surface area (Å²) in [6.45, 7) is 13.4. The van der Waals surface area contributed by atoms with Crippen molar-refractivity contribution in [2.24, 2.45) is 0 Å². The van der Waals surface area contributed by atoms with Gasteiger partial charge in [-0.1, -0.05) is 60.5 Å². The van der Waals surface area contributed by atoms with Crippen molar-refractivity contribution >= 4 is 5.69 Å². The van der Waals surface area contributed by atoms with E-state index in [4.69, 9.17) is 0 Å². The largest absolute Gasteiger partial charge is 0.505 e. The number of hydrogen-bond acceptors (Lipinski definition) is 4. The van der Waals surface area contributed by atoms with Crippen molar-refractivity contribution in [3.8, 4) is 5.75 Å². The molecule has 4 heteroatoms. The highest BCUT2D eigenvalue weighted by molar-refractivity contribution is 5.64. The monoisotopic (exact) mass is 359 g/mol. The van der Waals surface area contributed by atoms with Crippen molar-refractivity contribution < 1.29 is 5.11 Å². The van der Waals surface area contributed by atoms with E-state index >= 15 is 0 Å². The van der Waals surface area contributed by atoms with Gasteiger partial charge in [0.25, 0.3) is 0 Å². The number of nitrogens with zero attached hydrogens (tertiary/aromatic N) is 1. The molecule has 1 saturated carbocycles. The average molecular weight is 360 g/mol. The van der Waals surface area contributed by atoms with Crippen LogP contribution in [-0.4, -0.2) is 17.2 Å². The Balaban J connectivity index is 2.06. The van der Waals surface area contributed by atoms with E-state index in [1.54, 1.807) is 0 Å². The minimum Gasteiger partial charge on any atom is -0.505 e. The maximum Gasteiger partial charge on any atom is 0.145 e. The molecule has 0 radical (unpaired) electrons. The number of hydrazine groups is 2. The third kappa shape index (κ3) is 3.46. The normalized spacial score (nSPS) is 24.0. The molecule has 0 bridgehead atoms. The molecule has 0 aromatic heterocycles. The number of fused-ring (bicyclic) bond motifs is 1. The van der Waals surface area contributed by atoms with Crippen molar-refractivity contribution in [3.05, 3.63) is 23.3 Å². The number of hydrogen-bond donors (Lipinski definition) is 3. The predicted octanol–water partition coefficient (Wildman–Crippen LogP) is 4.91. The Bertz CT molecular complexity index is 639. The lowest BCUT2D eigenvalue weighted by molar-refractivity contribution is 0.374. The standard InChI is InChI=1S/C22H37N3O/c1-7-21(3,4)15-13-16(22(5,6)8-2)20(26)19(14-15)25-23-17-11-9-10-12-18(17)24-25/h13-14,17-18,23-24,26H,7-12H2,1-6H3. The topological polar surface area (TPSA) is 47.5 Å². The van der Waals surface area contributed by atoms with Crippen molar-refractivity contribution in [1.82, 2.24) is 10.9 Å². The van der Waals surface area contributed by atoms with E-state index < -0.39 is 0 Å². The van der Waals surface area contributed by atoms with Crippen LogP contribution in [0.1, 0.15) is 91.2 Å². The van der Waals surface area contributed by atoms with Gasteiger partial charge >= 0.3 is 0 Å². The van der Waals surface area contributed by atoms with Gasteiger partial charge in [0.1, 0.15) is 11.4 Å². The first-order valence-electron chi connectivity index (χ1n) is 10.4. The predicted molar refractivity (Wildman–Crippen MR) is 110 cm³/mol. The molecule has 2 atom stereocenters. The first kappa shape index (κ1) is 19.5. The summed E-state index contributed by atoms with van der Waals surface area (Å²) in [5, 5.41) is 13.2. The summed E-state index contributed by atoms with van der Waals surface area (Å²) in [6.07, 6.45) is 7.02. The number of phenols is 1. The fourth-order valence-electron chi connectivity index (χ4n) is 4.04. The molecule has 1 aromatic rings. The molecule has 3 rings (SSSR count). The number of aromatic hydroxyl groups is 1. The molecule has 0 spiro atoms. The van der Waals surface area contributed by atoms with Gasteiger partial charge in [0.2, 0.25) is 0 Å². The lowest BCUT2D eigenvalue weighted by atomic mass is 9.76. The molecule has 2 fully saturated rings. The second-order valence-electron chi connectivity index (χ2n) is 9.46. The van der Waals surface area contributed by atoms with E-state index in [1.165, 1.54) is 31.2 Å². The molecule has 146 valence electrons. The fourth-order valence-corrected chi connectivity index (χ4v) is 4.04. The average Bonchev–Trinajstić information content (AvgIpc) is 3.05. The number of rotatable bonds is 5. The van der Waals surface area contributed by atoms with Gasteiger partial charge in [-0.3, -0.25) is 0 Å². The highest BCUT2D eigenvalue weighted by atomic mass is 16.3. The molecule has 1 saturated heterocycles. The van der Waals surface area contributed by atoms with Gasteiger partial charge in [-0.25, -0.2) is 16.0 Å². The summed E-state index contributed by atoms with van der Waals surface area (Å²) in [7, 11) is 0. The van der Waals surface area contributed by atoms with Gasteiger partial charge in [0.05, 0.1) is 0 Å². The molecule has 2 aliphatic rings. The van der Waals surface area contributed by atoms with Crippen LogP contribution >= 0.6 is 0 Å². The fraction of sp³-hybridized carbons (Fsp3) is 0.727. The molecular weight excluding hydrogens is 322 g/mol. The highest BCUT2D eigenvalue weighted by Gasteiger charge is 2.37. The molecule has 1 aliphatic carbocycles.